The van der Waals surface area contributed by atoms with E-state index in [2.05, 4.69) is 18.9 Å². The van der Waals surface area contributed by atoms with Crippen LogP contribution in [0.25, 0.3) is 0 Å². The predicted octanol–water partition coefficient (Wildman–Crippen LogP) is 3.73. The molecule has 1 aromatic heterocycles. The molecular weight excluding hydrogens is 255 g/mol. The molecule has 3 nitrogen and oxygen atoms in total. The first kappa shape index (κ1) is 14.4. The number of hydrogen-bond acceptors (Lipinski definition) is 2. The van der Waals surface area contributed by atoms with Crippen LogP contribution in [-0.4, -0.2) is 15.6 Å². The molecule has 20 heavy (non-hydrogen) atoms. The molecule has 4 heteroatoms. The molecular formula is C16H19FN2O. The van der Waals surface area contributed by atoms with E-state index in [1.165, 1.54) is 6.07 Å². The van der Waals surface area contributed by atoms with Crippen LogP contribution in [-0.2, 0) is 6.42 Å². The Morgan fingerprint density at radius 2 is 2.15 bits per heavy atom. The summed E-state index contributed by atoms with van der Waals surface area (Å²) >= 11 is 0. The number of ketones is 1. The predicted molar refractivity (Wildman–Crippen MR) is 76.4 cm³/mol. The topological polar surface area (TPSA) is 34.9 Å². The molecule has 0 spiro atoms. The summed E-state index contributed by atoms with van der Waals surface area (Å²) in [7, 11) is 0. The number of Topliss-reactive ketones (excluding diaryl/α,β-unsaturated/α-hetero) is 1. The minimum Gasteiger partial charge on any atom is -0.294 e. The zero-order chi connectivity index (χ0) is 14.7. The molecule has 1 atom stereocenters. The van der Waals surface area contributed by atoms with Gasteiger partial charge in [-0.3, -0.25) is 9.48 Å². The molecule has 0 saturated carbocycles. The molecule has 0 aliphatic carbocycles. The SMILES string of the molecule is CCC(C)n1ccc(CC(=O)c2cccc(C)c2F)n1. The van der Waals surface area contributed by atoms with Crippen LogP contribution in [0.3, 0.4) is 0 Å². The summed E-state index contributed by atoms with van der Waals surface area (Å²) in [4.78, 5) is 12.1. The summed E-state index contributed by atoms with van der Waals surface area (Å²) in [6.45, 7) is 5.81. The zero-order valence-electron chi connectivity index (χ0n) is 12.1. The third kappa shape index (κ3) is 2.95. The van der Waals surface area contributed by atoms with Crippen molar-refractivity contribution in [3.63, 3.8) is 0 Å². The third-order valence-electron chi connectivity index (χ3n) is 3.54. The smallest absolute Gasteiger partial charge is 0.171 e. The van der Waals surface area contributed by atoms with Gasteiger partial charge in [0.2, 0.25) is 0 Å². The fourth-order valence-corrected chi connectivity index (χ4v) is 2.03. The van der Waals surface area contributed by atoms with Crippen LogP contribution in [0.1, 0.15) is 47.9 Å². The number of halogens is 1. The van der Waals surface area contributed by atoms with Crippen molar-refractivity contribution >= 4 is 5.78 Å². The Balaban J connectivity index is 2.15. The number of carbonyl (C=O) groups is 1. The molecule has 106 valence electrons. The lowest BCUT2D eigenvalue weighted by molar-refractivity contribution is 0.0987. The van der Waals surface area contributed by atoms with Crippen LogP contribution in [0.4, 0.5) is 4.39 Å². The van der Waals surface area contributed by atoms with Gasteiger partial charge in [-0.25, -0.2) is 4.39 Å². The van der Waals surface area contributed by atoms with Crippen molar-refractivity contribution in [1.29, 1.82) is 0 Å². The van der Waals surface area contributed by atoms with Gasteiger partial charge < -0.3 is 0 Å². The van der Waals surface area contributed by atoms with E-state index in [-0.39, 0.29) is 17.8 Å². The minimum absolute atomic E-state index is 0.129. The maximum Gasteiger partial charge on any atom is 0.171 e. The first-order valence-electron chi connectivity index (χ1n) is 6.85. The monoisotopic (exact) mass is 274 g/mol. The summed E-state index contributed by atoms with van der Waals surface area (Å²) < 4.78 is 15.7. The molecule has 1 aromatic carbocycles. The largest absolute Gasteiger partial charge is 0.294 e. The lowest BCUT2D eigenvalue weighted by atomic mass is 10.0. The minimum atomic E-state index is -0.432. The molecule has 2 aromatic rings. The van der Waals surface area contributed by atoms with Crippen molar-refractivity contribution in [2.75, 3.05) is 0 Å². The maximum atomic E-state index is 13.9. The second kappa shape index (κ2) is 5.99. The molecule has 0 amide bonds. The average molecular weight is 274 g/mol. The molecule has 0 saturated heterocycles. The van der Waals surface area contributed by atoms with Gasteiger partial charge in [0.1, 0.15) is 5.82 Å². The maximum absolute atomic E-state index is 13.9. The van der Waals surface area contributed by atoms with E-state index in [1.54, 1.807) is 19.1 Å². The molecule has 0 fully saturated rings. The van der Waals surface area contributed by atoms with Gasteiger partial charge in [-0.1, -0.05) is 19.1 Å². The summed E-state index contributed by atoms with van der Waals surface area (Å²) in [5.74, 6) is -0.667. The molecule has 1 unspecified atom stereocenters. The molecule has 0 N–H and O–H groups in total. The Bertz CT molecular complexity index is 619. The van der Waals surface area contributed by atoms with Crippen molar-refractivity contribution in [2.45, 2.75) is 39.7 Å². The van der Waals surface area contributed by atoms with Gasteiger partial charge in [-0.2, -0.15) is 5.10 Å². The van der Waals surface area contributed by atoms with Crippen LogP contribution in [0.15, 0.2) is 30.5 Å². The van der Waals surface area contributed by atoms with Gasteiger partial charge in [0.25, 0.3) is 0 Å². The van der Waals surface area contributed by atoms with Gasteiger partial charge >= 0.3 is 0 Å². The molecule has 2 rings (SSSR count). The lowest BCUT2D eigenvalue weighted by Crippen LogP contribution is -2.09. The van der Waals surface area contributed by atoms with Gasteiger partial charge in [-0.15, -0.1) is 0 Å². The Labute approximate surface area is 118 Å². The third-order valence-corrected chi connectivity index (χ3v) is 3.54. The second-order valence-corrected chi connectivity index (χ2v) is 5.08. The Hall–Kier alpha value is -1.97. The summed E-state index contributed by atoms with van der Waals surface area (Å²) in [6, 6.07) is 7.00. The van der Waals surface area contributed by atoms with Gasteiger partial charge in [0.05, 0.1) is 17.7 Å². The fraction of sp³-hybridized carbons (Fsp3) is 0.375. The van der Waals surface area contributed by atoms with E-state index in [0.717, 1.165) is 6.42 Å². The van der Waals surface area contributed by atoms with E-state index in [9.17, 15) is 9.18 Å². The number of aromatic nitrogens is 2. The molecule has 1 heterocycles. The van der Waals surface area contributed by atoms with E-state index < -0.39 is 5.82 Å². The van der Waals surface area contributed by atoms with Crippen molar-refractivity contribution in [3.05, 3.63) is 53.1 Å². The fourth-order valence-electron chi connectivity index (χ4n) is 2.03. The van der Waals surface area contributed by atoms with E-state index in [4.69, 9.17) is 0 Å². The van der Waals surface area contributed by atoms with E-state index in [1.807, 2.05) is 16.9 Å². The van der Waals surface area contributed by atoms with Gasteiger partial charge in [0.15, 0.2) is 5.78 Å². The van der Waals surface area contributed by atoms with Crippen molar-refractivity contribution in [1.82, 2.24) is 9.78 Å². The first-order chi connectivity index (χ1) is 9.52. The normalized spacial score (nSPS) is 12.4. The highest BCUT2D eigenvalue weighted by Gasteiger charge is 2.15. The number of benzene rings is 1. The Morgan fingerprint density at radius 1 is 1.40 bits per heavy atom. The van der Waals surface area contributed by atoms with Crippen LogP contribution in [0.5, 0.6) is 0 Å². The molecule has 0 bridgehead atoms. The molecule has 0 aliphatic heterocycles. The number of hydrogen-bond donors (Lipinski definition) is 0. The zero-order valence-corrected chi connectivity index (χ0v) is 12.1. The Kier molecular flexibility index (Phi) is 4.32. The standard InChI is InChI=1S/C16H19FN2O/c1-4-12(3)19-9-8-13(18-19)10-15(20)14-7-5-6-11(2)16(14)17/h5-9,12H,4,10H2,1-3H3. The quantitative estimate of drug-likeness (QED) is 0.779. The highest BCUT2D eigenvalue weighted by atomic mass is 19.1. The summed E-state index contributed by atoms with van der Waals surface area (Å²) in [5, 5.41) is 4.37. The van der Waals surface area contributed by atoms with Crippen LogP contribution >= 0.6 is 0 Å². The second-order valence-electron chi connectivity index (χ2n) is 5.08. The van der Waals surface area contributed by atoms with Gasteiger partial charge in [-0.05, 0) is 38.0 Å². The summed E-state index contributed by atoms with van der Waals surface area (Å²) in [5.41, 5.74) is 1.31. The van der Waals surface area contributed by atoms with Crippen molar-refractivity contribution in [3.8, 4) is 0 Å². The van der Waals surface area contributed by atoms with Crippen molar-refractivity contribution in [2.24, 2.45) is 0 Å². The van der Waals surface area contributed by atoms with E-state index >= 15 is 0 Å². The lowest BCUT2D eigenvalue weighted by Gasteiger charge is -2.08. The summed E-state index contributed by atoms with van der Waals surface area (Å²) in [6.07, 6.45) is 2.97. The number of rotatable bonds is 5. The highest BCUT2D eigenvalue weighted by molar-refractivity contribution is 5.97. The Morgan fingerprint density at radius 3 is 2.85 bits per heavy atom. The van der Waals surface area contributed by atoms with Crippen LogP contribution < -0.4 is 0 Å². The number of aryl methyl sites for hydroxylation is 1. The molecule has 0 aliphatic rings. The molecule has 0 radical (unpaired) electrons. The van der Waals surface area contributed by atoms with Crippen molar-refractivity contribution < 1.29 is 9.18 Å². The van der Waals surface area contributed by atoms with Gasteiger partial charge in [0, 0.05) is 12.2 Å². The highest BCUT2D eigenvalue weighted by Crippen LogP contribution is 2.15. The number of carbonyl (C=O) groups excluding carboxylic acids is 1. The van der Waals surface area contributed by atoms with Crippen LogP contribution in [0.2, 0.25) is 0 Å². The first-order valence-corrected chi connectivity index (χ1v) is 6.85. The average Bonchev–Trinajstić information content (AvgIpc) is 2.89. The number of nitrogens with zero attached hydrogens (tertiary/aromatic N) is 2. The van der Waals surface area contributed by atoms with Crippen LogP contribution in [0, 0.1) is 12.7 Å². The van der Waals surface area contributed by atoms with E-state index in [0.29, 0.717) is 17.3 Å².